The lowest BCUT2D eigenvalue weighted by Gasteiger charge is -2.38. The van der Waals surface area contributed by atoms with E-state index in [2.05, 4.69) is 9.97 Å². The van der Waals surface area contributed by atoms with Crippen LogP contribution < -0.4 is 4.90 Å². The second-order valence-corrected chi connectivity index (χ2v) is 5.31. The fourth-order valence-electron chi connectivity index (χ4n) is 2.37. The van der Waals surface area contributed by atoms with Crippen LogP contribution in [-0.4, -0.2) is 46.8 Å². The van der Waals surface area contributed by atoms with Gasteiger partial charge in [0, 0.05) is 31.5 Å². The van der Waals surface area contributed by atoms with Crippen molar-refractivity contribution < 1.29 is 18.6 Å². The molecule has 0 aromatic carbocycles. The summed E-state index contributed by atoms with van der Waals surface area (Å²) in [4.78, 5) is 10.6. The van der Waals surface area contributed by atoms with Crippen molar-refractivity contribution in [3.63, 3.8) is 0 Å². The van der Waals surface area contributed by atoms with Crippen molar-refractivity contribution >= 4 is 5.82 Å². The topological polar surface area (TPSA) is 58.5 Å². The third kappa shape index (κ3) is 3.85. The molecular formula is C14H21F2N3O2. The highest BCUT2D eigenvalue weighted by atomic mass is 19.3. The van der Waals surface area contributed by atoms with Gasteiger partial charge in [-0.2, -0.15) is 0 Å². The van der Waals surface area contributed by atoms with Gasteiger partial charge in [-0.25, -0.2) is 18.7 Å². The normalized spacial score (nSPS) is 18.3. The van der Waals surface area contributed by atoms with Crippen LogP contribution in [-0.2, 0) is 11.3 Å². The van der Waals surface area contributed by atoms with E-state index in [1.54, 1.807) is 0 Å². The minimum absolute atomic E-state index is 0.0362. The van der Waals surface area contributed by atoms with E-state index in [-0.39, 0.29) is 12.8 Å². The van der Waals surface area contributed by atoms with Crippen molar-refractivity contribution in [2.24, 2.45) is 0 Å². The minimum Gasteiger partial charge on any atom is -0.384 e. The lowest BCUT2D eigenvalue weighted by molar-refractivity contribution is -0.109. The van der Waals surface area contributed by atoms with Gasteiger partial charge in [0.15, 0.2) is 5.82 Å². The fraction of sp³-hybridized carbons (Fsp3) is 0.714. The average molecular weight is 301 g/mol. The van der Waals surface area contributed by atoms with Gasteiger partial charge in [-0.3, -0.25) is 0 Å². The first-order valence-electron chi connectivity index (χ1n) is 7.12. The Morgan fingerprint density at radius 3 is 2.62 bits per heavy atom. The number of aliphatic hydroxyl groups is 1. The number of halogens is 2. The summed E-state index contributed by atoms with van der Waals surface area (Å²) >= 11 is 0. The van der Waals surface area contributed by atoms with Crippen LogP contribution in [0.5, 0.6) is 0 Å². The molecule has 0 amide bonds. The largest absolute Gasteiger partial charge is 0.384 e. The summed E-state index contributed by atoms with van der Waals surface area (Å²) in [7, 11) is 0. The van der Waals surface area contributed by atoms with Crippen LogP contribution in [0.4, 0.5) is 14.6 Å². The monoisotopic (exact) mass is 301 g/mol. The Balaban J connectivity index is 2.07. The molecule has 7 heteroatoms. The summed E-state index contributed by atoms with van der Waals surface area (Å²) in [5, 5.41) is 9.81. The maximum atomic E-state index is 12.8. The maximum absolute atomic E-state index is 12.8. The molecular weight excluding hydrogens is 280 g/mol. The first-order chi connectivity index (χ1) is 9.94. The van der Waals surface area contributed by atoms with E-state index in [1.165, 1.54) is 0 Å². The van der Waals surface area contributed by atoms with Gasteiger partial charge in [0.05, 0.1) is 0 Å². The Bertz CT molecular complexity index is 477. The second kappa shape index (κ2) is 6.62. The van der Waals surface area contributed by atoms with Crippen LogP contribution in [0.25, 0.3) is 0 Å². The predicted octanol–water partition coefficient (Wildman–Crippen LogP) is 1.92. The number of hydrogen-bond donors (Lipinski definition) is 1. The number of alkyl halides is 2. The Hall–Kier alpha value is -1.34. The Labute approximate surface area is 123 Å². The highest BCUT2D eigenvalue weighted by molar-refractivity contribution is 5.40. The van der Waals surface area contributed by atoms with Crippen molar-refractivity contribution in [3.05, 3.63) is 17.6 Å². The highest BCUT2D eigenvalue weighted by Gasteiger charge is 2.40. The van der Waals surface area contributed by atoms with Gasteiger partial charge in [0.25, 0.3) is 6.43 Å². The number of nitrogens with zero attached hydrogens (tertiary/aromatic N) is 3. The van der Waals surface area contributed by atoms with Gasteiger partial charge in [-0.15, -0.1) is 0 Å². The van der Waals surface area contributed by atoms with Crippen molar-refractivity contribution in [1.82, 2.24) is 9.97 Å². The summed E-state index contributed by atoms with van der Waals surface area (Å²) in [5.41, 5.74) is -1.06. The van der Waals surface area contributed by atoms with E-state index in [0.717, 1.165) is 5.69 Å². The number of aromatic nitrogens is 2. The number of anilines is 1. The van der Waals surface area contributed by atoms with Crippen molar-refractivity contribution in [1.29, 1.82) is 0 Å². The smallest absolute Gasteiger partial charge is 0.266 e. The van der Waals surface area contributed by atoms with E-state index in [1.807, 2.05) is 24.8 Å². The molecule has 0 unspecified atom stereocenters. The molecule has 1 N–H and O–H groups in total. The van der Waals surface area contributed by atoms with Crippen LogP contribution >= 0.6 is 0 Å². The zero-order chi connectivity index (χ0) is 15.5. The summed E-state index contributed by atoms with van der Waals surface area (Å²) < 4.78 is 30.9. The summed E-state index contributed by atoms with van der Waals surface area (Å²) in [5.74, 6) is 1.29. The van der Waals surface area contributed by atoms with Gasteiger partial charge in [0.2, 0.25) is 0 Å². The van der Waals surface area contributed by atoms with E-state index >= 15 is 0 Å². The van der Waals surface area contributed by atoms with E-state index in [9.17, 15) is 13.9 Å². The molecule has 1 aliphatic rings. The molecule has 21 heavy (non-hydrogen) atoms. The molecule has 1 aliphatic heterocycles. The molecule has 0 aliphatic carbocycles. The molecule has 0 bridgehead atoms. The zero-order valence-corrected chi connectivity index (χ0v) is 12.4. The van der Waals surface area contributed by atoms with Gasteiger partial charge in [-0.1, -0.05) is 0 Å². The SMILES string of the molecule is CCOCc1nc(C)cc(N2CCC(O)(C(F)F)CC2)n1. The fourth-order valence-corrected chi connectivity index (χ4v) is 2.37. The van der Waals surface area contributed by atoms with E-state index in [0.29, 0.717) is 37.9 Å². The van der Waals surface area contributed by atoms with Crippen LogP contribution in [0.15, 0.2) is 6.07 Å². The van der Waals surface area contributed by atoms with Crippen molar-refractivity contribution in [2.75, 3.05) is 24.6 Å². The summed E-state index contributed by atoms with van der Waals surface area (Å²) in [6, 6.07) is 1.82. The zero-order valence-electron chi connectivity index (χ0n) is 12.4. The predicted molar refractivity (Wildman–Crippen MR) is 74.5 cm³/mol. The average Bonchev–Trinajstić information content (AvgIpc) is 2.45. The van der Waals surface area contributed by atoms with E-state index < -0.39 is 12.0 Å². The first kappa shape index (κ1) is 16.0. The van der Waals surface area contributed by atoms with Gasteiger partial charge in [-0.05, 0) is 26.7 Å². The number of aryl methyl sites for hydroxylation is 1. The quantitative estimate of drug-likeness (QED) is 0.900. The highest BCUT2D eigenvalue weighted by Crippen LogP contribution is 2.30. The lowest BCUT2D eigenvalue weighted by atomic mass is 9.92. The maximum Gasteiger partial charge on any atom is 0.266 e. The van der Waals surface area contributed by atoms with Gasteiger partial charge >= 0.3 is 0 Å². The molecule has 5 nitrogen and oxygen atoms in total. The Kier molecular flexibility index (Phi) is 5.05. The molecule has 118 valence electrons. The van der Waals surface area contributed by atoms with Gasteiger partial charge in [0.1, 0.15) is 18.0 Å². The van der Waals surface area contributed by atoms with Crippen LogP contribution in [0.3, 0.4) is 0 Å². The molecule has 0 radical (unpaired) electrons. The van der Waals surface area contributed by atoms with Gasteiger partial charge < -0.3 is 14.7 Å². The third-order valence-electron chi connectivity index (χ3n) is 3.68. The number of piperidine rings is 1. The summed E-state index contributed by atoms with van der Waals surface area (Å²) in [6.45, 7) is 5.38. The Morgan fingerprint density at radius 2 is 2.05 bits per heavy atom. The molecule has 1 fully saturated rings. The minimum atomic E-state index is -2.71. The number of rotatable bonds is 5. The first-order valence-corrected chi connectivity index (χ1v) is 7.12. The van der Waals surface area contributed by atoms with Crippen LogP contribution in [0.1, 0.15) is 31.3 Å². The molecule has 1 aromatic heterocycles. The summed E-state index contributed by atoms with van der Waals surface area (Å²) in [6.07, 6.45) is -2.64. The second-order valence-electron chi connectivity index (χ2n) is 5.31. The Morgan fingerprint density at radius 1 is 1.38 bits per heavy atom. The molecule has 0 saturated carbocycles. The van der Waals surface area contributed by atoms with Crippen LogP contribution in [0.2, 0.25) is 0 Å². The molecule has 2 rings (SSSR count). The molecule has 2 heterocycles. The lowest BCUT2D eigenvalue weighted by Crippen LogP contribution is -2.49. The molecule has 1 saturated heterocycles. The number of hydrogen-bond acceptors (Lipinski definition) is 5. The van der Waals surface area contributed by atoms with Crippen LogP contribution in [0, 0.1) is 6.92 Å². The molecule has 1 aromatic rings. The molecule has 0 atom stereocenters. The van der Waals surface area contributed by atoms with Crippen molar-refractivity contribution in [2.45, 2.75) is 45.3 Å². The van der Waals surface area contributed by atoms with Crippen molar-refractivity contribution in [3.8, 4) is 0 Å². The molecule has 0 spiro atoms. The van der Waals surface area contributed by atoms with E-state index in [4.69, 9.17) is 4.74 Å². The standard InChI is InChI=1S/C14H21F2N3O2/c1-3-21-9-11-17-10(2)8-12(18-11)19-6-4-14(20,5-7-19)13(15)16/h8,13,20H,3-7,9H2,1-2H3. The number of ether oxygens (including phenoxy) is 1. The third-order valence-corrected chi connectivity index (χ3v) is 3.68.